The molecule has 0 saturated heterocycles. The highest BCUT2D eigenvalue weighted by Gasteiger charge is 2.54. The first-order valence-electron chi connectivity index (χ1n) is 12.2. The van der Waals surface area contributed by atoms with E-state index in [1.807, 2.05) is 19.9 Å². The molecule has 0 aromatic heterocycles. The van der Waals surface area contributed by atoms with Gasteiger partial charge < -0.3 is 5.11 Å². The fourth-order valence-electron chi connectivity index (χ4n) is 7.21. The SMILES string of the molecule is C=CCCC(=O)CC1=CCC2C(CC[C@@]3(C)C2CC[C@@H]3C(C)CCC(C)(C)O)C1. The van der Waals surface area contributed by atoms with Crippen molar-refractivity contribution in [2.45, 2.75) is 104 Å². The maximum atomic E-state index is 12.2. The summed E-state index contributed by atoms with van der Waals surface area (Å²) < 4.78 is 0. The number of carbonyl (C=O) groups is 1. The third-order valence-corrected chi connectivity index (χ3v) is 8.81. The highest BCUT2D eigenvalue weighted by Crippen LogP contribution is 2.63. The zero-order valence-electron chi connectivity index (χ0n) is 19.4. The molecule has 3 aliphatic rings. The molecule has 3 aliphatic carbocycles. The van der Waals surface area contributed by atoms with Gasteiger partial charge in [0.25, 0.3) is 0 Å². The summed E-state index contributed by atoms with van der Waals surface area (Å²) in [5.41, 5.74) is 1.35. The molecule has 2 heteroatoms. The van der Waals surface area contributed by atoms with Crippen molar-refractivity contribution in [3.63, 3.8) is 0 Å². The van der Waals surface area contributed by atoms with E-state index < -0.39 is 5.60 Å². The van der Waals surface area contributed by atoms with E-state index in [4.69, 9.17) is 0 Å². The van der Waals surface area contributed by atoms with Crippen molar-refractivity contribution in [2.24, 2.45) is 35.0 Å². The first-order valence-corrected chi connectivity index (χ1v) is 12.2. The van der Waals surface area contributed by atoms with Gasteiger partial charge in [-0.05, 0) is 107 Å². The second-order valence-electron chi connectivity index (χ2n) is 11.4. The van der Waals surface area contributed by atoms with Gasteiger partial charge in [-0.2, -0.15) is 0 Å². The largest absolute Gasteiger partial charge is 0.390 e. The van der Waals surface area contributed by atoms with E-state index in [0.29, 0.717) is 30.0 Å². The van der Waals surface area contributed by atoms with Crippen molar-refractivity contribution in [3.05, 3.63) is 24.3 Å². The van der Waals surface area contributed by atoms with Crippen LogP contribution in [0.3, 0.4) is 0 Å². The number of carbonyl (C=O) groups excluding carboxylic acids is 1. The minimum Gasteiger partial charge on any atom is -0.390 e. The molecule has 2 saturated carbocycles. The summed E-state index contributed by atoms with van der Waals surface area (Å²) in [5, 5.41) is 10.2. The van der Waals surface area contributed by atoms with Gasteiger partial charge in [0, 0.05) is 12.8 Å². The van der Waals surface area contributed by atoms with Crippen molar-refractivity contribution in [2.75, 3.05) is 0 Å². The number of Topliss-reactive ketones (excluding diaryl/α,β-unsaturated/α-hetero) is 1. The van der Waals surface area contributed by atoms with Crippen LogP contribution in [0.4, 0.5) is 0 Å². The molecular formula is C27H44O2. The minimum absolute atomic E-state index is 0.386. The summed E-state index contributed by atoms with van der Waals surface area (Å²) in [6.45, 7) is 12.6. The zero-order chi connectivity index (χ0) is 21.2. The minimum atomic E-state index is -0.543. The number of hydrogen-bond acceptors (Lipinski definition) is 2. The molecule has 3 rings (SSSR count). The van der Waals surface area contributed by atoms with Gasteiger partial charge in [0.05, 0.1) is 5.60 Å². The number of fused-ring (bicyclic) bond motifs is 3. The van der Waals surface area contributed by atoms with Crippen LogP contribution in [0, 0.1) is 35.0 Å². The maximum absolute atomic E-state index is 12.2. The van der Waals surface area contributed by atoms with E-state index in [1.54, 1.807) is 0 Å². The second-order valence-corrected chi connectivity index (χ2v) is 11.4. The van der Waals surface area contributed by atoms with Crippen LogP contribution in [-0.2, 0) is 4.79 Å². The monoisotopic (exact) mass is 400 g/mol. The van der Waals surface area contributed by atoms with Gasteiger partial charge in [-0.1, -0.05) is 31.6 Å². The molecule has 0 aromatic carbocycles. The van der Waals surface area contributed by atoms with Crippen LogP contribution >= 0.6 is 0 Å². The predicted molar refractivity (Wildman–Crippen MR) is 122 cm³/mol. The molecule has 0 aromatic rings. The van der Waals surface area contributed by atoms with E-state index in [9.17, 15) is 9.90 Å². The Morgan fingerprint density at radius 1 is 1.38 bits per heavy atom. The fourth-order valence-corrected chi connectivity index (χ4v) is 7.21. The van der Waals surface area contributed by atoms with Gasteiger partial charge >= 0.3 is 0 Å². The molecule has 164 valence electrons. The summed E-state index contributed by atoms with van der Waals surface area (Å²) >= 11 is 0. The molecule has 29 heavy (non-hydrogen) atoms. The number of allylic oxidation sites excluding steroid dienone is 3. The summed E-state index contributed by atoms with van der Waals surface area (Å²) in [6.07, 6.45) is 16.3. The summed E-state index contributed by atoms with van der Waals surface area (Å²) in [6, 6.07) is 0. The topological polar surface area (TPSA) is 37.3 Å². The average Bonchev–Trinajstić information content (AvgIpc) is 3.01. The van der Waals surface area contributed by atoms with E-state index >= 15 is 0 Å². The highest BCUT2D eigenvalue weighted by atomic mass is 16.3. The van der Waals surface area contributed by atoms with E-state index in [2.05, 4.69) is 26.5 Å². The molecular weight excluding hydrogens is 356 g/mol. The average molecular weight is 401 g/mol. The highest BCUT2D eigenvalue weighted by molar-refractivity contribution is 5.80. The molecule has 0 heterocycles. The van der Waals surface area contributed by atoms with Gasteiger partial charge in [0.1, 0.15) is 5.78 Å². The van der Waals surface area contributed by atoms with Gasteiger partial charge in [0.2, 0.25) is 0 Å². The Morgan fingerprint density at radius 3 is 2.83 bits per heavy atom. The lowest BCUT2D eigenvalue weighted by Crippen LogP contribution is -2.43. The molecule has 0 amide bonds. The van der Waals surface area contributed by atoms with Crippen LogP contribution in [0.5, 0.6) is 0 Å². The van der Waals surface area contributed by atoms with Crippen molar-refractivity contribution in [1.82, 2.24) is 0 Å². The number of hydrogen-bond donors (Lipinski definition) is 1. The van der Waals surface area contributed by atoms with Crippen molar-refractivity contribution in [1.29, 1.82) is 0 Å². The molecule has 2 fully saturated rings. The van der Waals surface area contributed by atoms with Crippen LogP contribution in [0.25, 0.3) is 0 Å². The molecule has 0 spiro atoms. The van der Waals surface area contributed by atoms with E-state index in [1.165, 1.54) is 37.7 Å². The first-order chi connectivity index (χ1) is 13.6. The third kappa shape index (κ3) is 5.24. The maximum Gasteiger partial charge on any atom is 0.137 e. The Bertz CT molecular complexity index is 625. The van der Waals surface area contributed by atoms with Crippen LogP contribution in [-0.4, -0.2) is 16.5 Å². The molecule has 0 aliphatic heterocycles. The van der Waals surface area contributed by atoms with Gasteiger partial charge in [0.15, 0.2) is 0 Å². The quantitative estimate of drug-likeness (QED) is 0.428. The van der Waals surface area contributed by atoms with E-state index in [0.717, 1.165) is 49.4 Å². The molecule has 1 N–H and O–H groups in total. The Labute approximate surface area is 179 Å². The molecule has 0 bridgehead atoms. The third-order valence-electron chi connectivity index (χ3n) is 8.81. The lowest BCUT2D eigenvalue weighted by atomic mass is 9.54. The van der Waals surface area contributed by atoms with Gasteiger partial charge in [-0.25, -0.2) is 0 Å². The predicted octanol–water partition coefficient (Wildman–Crippen LogP) is 6.88. The molecule has 6 atom stereocenters. The Balaban J connectivity index is 1.62. The Morgan fingerprint density at radius 2 is 2.14 bits per heavy atom. The zero-order valence-corrected chi connectivity index (χ0v) is 19.4. The lowest BCUT2D eigenvalue weighted by molar-refractivity contribution is -0.118. The smallest absolute Gasteiger partial charge is 0.137 e. The lowest BCUT2D eigenvalue weighted by Gasteiger charge is -2.51. The summed E-state index contributed by atoms with van der Waals surface area (Å²) in [7, 11) is 0. The first kappa shape index (κ1) is 22.8. The van der Waals surface area contributed by atoms with Gasteiger partial charge in [-0.3, -0.25) is 4.79 Å². The molecule has 2 nitrogen and oxygen atoms in total. The summed E-state index contributed by atoms with van der Waals surface area (Å²) in [4.78, 5) is 12.2. The Hall–Kier alpha value is -0.890. The molecule has 4 unspecified atom stereocenters. The number of rotatable bonds is 9. The van der Waals surface area contributed by atoms with Crippen LogP contribution in [0.1, 0.15) is 98.3 Å². The van der Waals surface area contributed by atoms with E-state index in [-0.39, 0.29) is 0 Å². The van der Waals surface area contributed by atoms with Crippen molar-refractivity contribution >= 4 is 5.78 Å². The van der Waals surface area contributed by atoms with Gasteiger partial charge in [-0.15, -0.1) is 6.58 Å². The van der Waals surface area contributed by atoms with Crippen molar-refractivity contribution < 1.29 is 9.90 Å². The van der Waals surface area contributed by atoms with Crippen LogP contribution < -0.4 is 0 Å². The van der Waals surface area contributed by atoms with Crippen LogP contribution in [0.15, 0.2) is 24.3 Å². The standard InChI is InChI=1S/C27H44O2/c1-6-7-8-22(28)18-20-9-10-23-21(17-20)14-16-27(5)24(11-12-25(23)27)19(2)13-15-26(3,4)29/h6,9,19,21,23-25,29H,1,7-8,10-18H2,2-5H3/t19?,21?,23?,24-,25?,27-/m1/s1. The van der Waals surface area contributed by atoms with Crippen molar-refractivity contribution in [3.8, 4) is 0 Å². The normalized spacial score (nSPS) is 35.4. The number of ketones is 1. The molecule has 0 radical (unpaired) electrons. The fraction of sp³-hybridized carbons (Fsp3) is 0.815. The van der Waals surface area contributed by atoms with Crippen LogP contribution in [0.2, 0.25) is 0 Å². The Kier molecular flexibility index (Phi) is 7.14. The summed E-state index contributed by atoms with van der Waals surface area (Å²) in [5.74, 6) is 4.37. The second kappa shape index (κ2) is 9.08. The number of aliphatic hydroxyl groups is 1.